The summed E-state index contributed by atoms with van der Waals surface area (Å²) in [6.45, 7) is 1.96. The van der Waals surface area contributed by atoms with Crippen molar-refractivity contribution in [2.45, 2.75) is 13.3 Å². The third-order valence-electron chi connectivity index (χ3n) is 2.01. The third kappa shape index (κ3) is 1.99. The summed E-state index contributed by atoms with van der Waals surface area (Å²) in [5.41, 5.74) is 9.60. The summed E-state index contributed by atoms with van der Waals surface area (Å²) in [5, 5.41) is 15.4. The van der Waals surface area contributed by atoms with Crippen LogP contribution in [-0.2, 0) is 6.42 Å². The maximum Gasteiger partial charge on any atom is 0.174 e. The molecule has 0 bridgehead atoms. The monoisotopic (exact) mass is 215 g/mol. The van der Waals surface area contributed by atoms with Gasteiger partial charge in [-0.1, -0.05) is 24.2 Å². The van der Waals surface area contributed by atoms with Crippen LogP contribution in [0.4, 0.5) is 5.69 Å². The van der Waals surface area contributed by atoms with Gasteiger partial charge in [0.05, 0.1) is 5.69 Å². The Balaban J connectivity index is 2.30. The molecule has 2 aromatic rings. The number of hydrogen-bond acceptors (Lipinski definition) is 4. The Morgan fingerprint density at radius 1 is 1.38 bits per heavy atom. The van der Waals surface area contributed by atoms with Crippen LogP contribution in [0.2, 0.25) is 0 Å². The van der Waals surface area contributed by atoms with Crippen LogP contribution in [0.3, 0.4) is 0 Å². The minimum absolute atomic E-state index is 0.557. The van der Waals surface area contributed by atoms with Crippen molar-refractivity contribution in [2.24, 2.45) is 5.11 Å². The summed E-state index contributed by atoms with van der Waals surface area (Å²) in [5.74, 6) is 0.694. The van der Waals surface area contributed by atoms with E-state index in [4.69, 9.17) is 5.53 Å². The lowest BCUT2D eigenvalue weighted by Gasteiger charge is -1.97. The average Bonchev–Trinajstić information content (AvgIpc) is 2.79. The molecule has 2 rings (SSSR count). The molecule has 0 radical (unpaired) electrons. The van der Waals surface area contributed by atoms with E-state index in [2.05, 4.69) is 25.4 Å². The van der Waals surface area contributed by atoms with E-state index < -0.39 is 0 Å². The van der Waals surface area contributed by atoms with Crippen molar-refractivity contribution in [3.63, 3.8) is 0 Å². The molecule has 0 saturated heterocycles. The topological polar surface area (TPSA) is 92.4 Å². The van der Waals surface area contributed by atoms with Crippen molar-refractivity contribution < 1.29 is 0 Å². The van der Waals surface area contributed by atoms with Crippen LogP contribution in [0.1, 0.15) is 12.7 Å². The van der Waals surface area contributed by atoms with Gasteiger partial charge in [-0.3, -0.25) is 0 Å². The predicted molar refractivity (Wildman–Crippen MR) is 57.3 cm³/mol. The molecular formula is C9H9N7. The SMILES string of the molecule is CCc1nnn(-c2ccc(N=[N+]=[N-])cc2)n1. The smallest absolute Gasteiger partial charge is 0.131 e. The standard InChI is InChI=1S/C9H9N7/c1-2-9-12-15-16(13-9)8-5-3-7(4-6-8)11-14-10/h3-6H,2H2,1H3. The second kappa shape index (κ2) is 4.41. The van der Waals surface area contributed by atoms with Gasteiger partial charge in [0.25, 0.3) is 0 Å². The fraction of sp³-hybridized carbons (Fsp3) is 0.222. The molecule has 1 aromatic carbocycles. The molecule has 0 aliphatic heterocycles. The van der Waals surface area contributed by atoms with E-state index in [9.17, 15) is 0 Å². The highest BCUT2D eigenvalue weighted by Gasteiger charge is 2.02. The van der Waals surface area contributed by atoms with Crippen molar-refractivity contribution in [1.82, 2.24) is 20.2 Å². The van der Waals surface area contributed by atoms with Gasteiger partial charge in [0.15, 0.2) is 5.82 Å². The van der Waals surface area contributed by atoms with Gasteiger partial charge in [0, 0.05) is 17.0 Å². The highest BCUT2D eigenvalue weighted by molar-refractivity contribution is 5.43. The average molecular weight is 215 g/mol. The first-order chi connectivity index (χ1) is 7.83. The number of aryl methyl sites for hydroxylation is 1. The normalized spacial score (nSPS) is 9.81. The van der Waals surface area contributed by atoms with Crippen molar-refractivity contribution in [1.29, 1.82) is 0 Å². The largest absolute Gasteiger partial charge is 0.174 e. The van der Waals surface area contributed by atoms with E-state index in [-0.39, 0.29) is 0 Å². The predicted octanol–water partition coefficient (Wildman–Crippen LogP) is 2.17. The Morgan fingerprint density at radius 2 is 2.12 bits per heavy atom. The molecule has 1 aromatic heterocycles. The Kier molecular flexibility index (Phi) is 2.79. The number of rotatable bonds is 3. The van der Waals surface area contributed by atoms with Crippen molar-refractivity contribution in [2.75, 3.05) is 0 Å². The fourth-order valence-corrected chi connectivity index (χ4v) is 1.20. The van der Waals surface area contributed by atoms with Crippen LogP contribution in [0, 0.1) is 0 Å². The quantitative estimate of drug-likeness (QED) is 0.446. The molecule has 1 heterocycles. The molecule has 0 atom stereocenters. The van der Waals surface area contributed by atoms with E-state index in [0.717, 1.165) is 12.1 Å². The summed E-state index contributed by atoms with van der Waals surface area (Å²) >= 11 is 0. The second-order valence-electron chi connectivity index (χ2n) is 3.05. The minimum Gasteiger partial charge on any atom is -0.131 e. The van der Waals surface area contributed by atoms with Gasteiger partial charge < -0.3 is 0 Å². The van der Waals surface area contributed by atoms with Crippen molar-refractivity contribution in [3.8, 4) is 5.69 Å². The first-order valence-corrected chi connectivity index (χ1v) is 4.78. The van der Waals surface area contributed by atoms with Crippen molar-refractivity contribution >= 4 is 5.69 Å². The lowest BCUT2D eigenvalue weighted by Crippen LogP contribution is -1.98. The summed E-state index contributed by atoms with van der Waals surface area (Å²) < 4.78 is 0. The third-order valence-corrected chi connectivity index (χ3v) is 2.01. The van der Waals surface area contributed by atoms with Crippen molar-refractivity contribution in [3.05, 3.63) is 40.5 Å². The molecule has 80 valence electrons. The zero-order chi connectivity index (χ0) is 11.4. The Bertz CT molecular complexity index is 521. The zero-order valence-electron chi connectivity index (χ0n) is 8.65. The Morgan fingerprint density at radius 3 is 2.69 bits per heavy atom. The highest BCUT2D eigenvalue weighted by Crippen LogP contribution is 2.14. The molecule has 0 N–H and O–H groups in total. The van der Waals surface area contributed by atoms with Gasteiger partial charge in [-0.25, -0.2) is 0 Å². The van der Waals surface area contributed by atoms with E-state index in [0.29, 0.717) is 11.5 Å². The molecular weight excluding hydrogens is 206 g/mol. The maximum atomic E-state index is 8.26. The lowest BCUT2D eigenvalue weighted by molar-refractivity contribution is 0.718. The van der Waals surface area contributed by atoms with Crippen LogP contribution >= 0.6 is 0 Å². The van der Waals surface area contributed by atoms with Gasteiger partial charge in [0.2, 0.25) is 0 Å². The number of benzene rings is 1. The van der Waals surface area contributed by atoms with Gasteiger partial charge in [-0.15, -0.1) is 15.0 Å². The molecule has 16 heavy (non-hydrogen) atoms. The van der Waals surface area contributed by atoms with Gasteiger partial charge in [0.1, 0.15) is 0 Å². The molecule has 0 spiro atoms. The van der Waals surface area contributed by atoms with Crippen LogP contribution in [-0.4, -0.2) is 20.2 Å². The first-order valence-electron chi connectivity index (χ1n) is 4.78. The molecule has 0 saturated carbocycles. The number of tetrazole rings is 1. The first kappa shape index (κ1) is 10.1. The fourth-order valence-electron chi connectivity index (χ4n) is 1.20. The zero-order valence-corrected chi connectivity index (χ0v) is 8.65. The molecule has 0 amide bonds. The van der Waals surface area contributed by atoms with Crippen LogP contribution in [0.15, 0.2) is 29.4 Å². The van der Waals surface area contributed by atoms with E-state index in [1.54, 1.807) is 24.3 Å². The van der Waals surface area contributed by atoms with Crippen LogP contribution < -0.4 is 0 Å². The summed E-state index contributed by atoms with van der Waals surface area (Å²) in [7, 11) is 0. The molecule has 0 aliphatic rings. The molecule has 0 aliphatic carbocycles. The molecule has 7 heteroatoms. The number of azide groups is 1. The molecule has 7 nitrogen and oxygen atoms in total. The maximum absolute atomic E-state index is 8.26. The van der Waals surface area contributed by atoms with Crippen LogP contribution in [0.25, 0.3) is 16.1 Å². The van der Waals surface area contributed by atoms with Gasteiger partial charge in [-0.05, 0) is 22.9 Å². The van der Waals surface area contributed by atoms with E-state index >= 15 is 0 Å². The molecule has 0 fully saturated rings. The second-order valence-corrected chi connectivity index (χ2v) is 3.05. The number of hydrogen-bond donors (Lipinski definition) is 0. The Hall–Kier alpha value is -2.40. The summed E-state index contributed by atoms with van der Waals surface area (Å²) in [6.07, 6.45) is 0.747. The van der Waals surface area contributed by atoms with Crippen LogP contribution in [0.5, 0.6) is 0 Å². The Labute approximate surface area is 91.3 Å². The minimum atomic E-state index is 0.557. The molecule has 0 unspecified atom stereocenters. The van der Waals surface area contributed by atoms with Gasteiger partial charge >= 0.3 is 0 Å². The van der Waals surface area contributed by atoms with Gasteiger partial charge in [-0.2, -0.15) is 0 Å². The summed E-state index contributed by atoms with van der Waals surface area (Å²) in [4.78, 5) is 4.14. The van der Waals surface area contributed by atoms with E-state index in [1.165, 1.54) is 4.80 Å². The number of aromatic nitrogens is 4. The van der Waals surface area contributed by atoms with E-state index in [1.807, 2.05) is 6.92 Å². The number of nitrogens with zero attached hydrogens (tertiary/aromatic N) is 7. The summed E-state index contributed by atoms with van der Waals surface area (Å²) in [6, 6.07) is 6.93. The lowest BCUT2D eigenvalue weighted by atomic mass is 10.3. The highest BCUT2D eigenvalue weighted by atomic mass is 15.6.